The van der Waals surface area contributed by atoms with Crippen LogP contribution in [-0.4, -0.2) is 16.9 Å². The molecule has 1 aromatic rings. The third-order valence-corrected chi connectivity index (χ3v) is 7.57. The molecular weight excluding hydrogens is 344 g/mol. The van der Waals surface area contributed by atoms with Crippen molar-refractivity contribution in [3.63, 3.8) is 0 Å². The molecule has 5 nitrogen and oxygen atoms in total. The number of hydrogen-bond acceptors (Lipinski definition) is 5. The van der Waals surface area contributed by atoms with Gasteiger partial charge in [-0.1, -0.05) is 0 Å². The molecule has 4 aliphatic rings. The van der Waals surface area contributed by atoms with Gasteiger partial charge in [-0.2, -0.15) is 5.26 Å². The molecule has 1 atom stereocenters. The summed E-state index contributed by atoms with van der Waals surface area (Å²) in [7, 11) is 0. The Hall–Kier alpha value is -1.87. The number of nitrogens with one attached hydrogen (secondary N) is 2. The number of rotatable bonds is 5. The summed E-state index contributed by atoms with van der Waals surface area (Å²) in [6.45, 7) is 4.05. The smallest absolute Gasteiger partial charge is 0.263 e. The lowest BCUT2D eigenvalue weighted by Gasteiger charge is -2.59. The molecule has 4 saturated carbocycles. The highest BCUT2D eigenvalue weighted by atomic mass is 32.1. The molecule has 4 aliphatic carbocycles. The fourth-order valence-corrected chi connectivity index (χ4v) is 6.50. The Balaban J connectivity index is 1.42. The van der Waals surface area contributed by atoms with E-state index in [2.05, 4.69) is 22.5 Å². The topological polar surface area (TPSA) is 77.8 Å². The molecule has 0 spiro atoms. The van der Waals surface area contributed by atoms with Gasteiger partial charge in [-0.15, -0.1) is 11.3 Å². The van der Waals surface area contributed by atoms with Crippen molar-refractivity contribution in [1.29, 1.82) is 5.26 Å². The Labute approximate surface area is 158 Å². The number of carbonyl (C=O) groups excluding carboxylic acids is 1. The van der Waals surface area contributed by atoms with Gasteiger partial charge < -0.3 is 10.6 Å². The number of nitrogens with zero attached hydrogens (tertiary/aromatic N) is 2. The quantitative estimate of drug-likeness (QED) is 0.607. The average molecular weight is 371 g/mol. The minimum absolute atomic E-state index is 0.106. The molecule has 4 fully saturated rings. The van der Waals surface area contributed by atoms with Gasteiger partial charge in [0.2, 0.25) is 0 Å². The van der Waals surface area contributed by atoms with Crippen molar-refractivity contribution in [2.24, 2.45) is 23.2 Å². The molecule has 138 valence electrons. The molecule has 2 N–H and O–H groups in total. The Morgan fingerprint density at radius 1 is 1.35 bits per heavy atom. The van der Waals surface area contributed by atoms with Crippen molar-refractivity contribution in [3.8, 4) is 6.07 Å². The van der Waals surface area contributed by atoms with Crippen LogP contribution in [0.5, 0.6) is 0 Å². The predicted octanol–water partition coefficient (Wildman–Crippen LogP) is 3.99. The summed E-state index contributed by atoms with van der Waals surface area (Å²) < 4.78 is 0. The highest BCUT2D eigenvalue weighted by Gasteiger charge is 2.53. The zero-order valence-electron chi connectivity index (χ0n) is 15.4. The van der Waals surface area contributed by atoms with E-state index in [1.807, 2.05) is 18.4 Å². The van der Waals surface area contributed by atoms with E-state index in [4.69, 9.17) is 0 Å². The average Bonchev–Trinajstić information content (AvgIpc) is 2.99. The van der Waals surface area contributed by atoms with Gasteiger partial charge in [0.15, 0.2) is 5.13 Å². The van der Waals surface area contributed by atoms with Crippen LogP contribution in [0.25, 0.3) is 0 Å². The molecule has 0 aromatic carbocycles. The van der Waals surface area contributed by atoms with E-state index in [0.717, 1.165) is 23.4 Å². The van der Waals surface area contributed by atoms with E-state index < -0.39 is 0 Å². The summed E-state index contributed by atoms with van der Waals surface area (Å²) in [6.07, 6.45) is 9.36. The van der Waals surface area contributed by atoms with E-state index in [-0.39, 0.29) is 22.9 Å². The van der Waals surface area contributed by atoms with Crippen molar-refractivity contribution in [1.82, 2.24) is 10.3 Å². The van der Waals surface area contributed by atoms with Crippen molar-refractivity contribution in [3.05, 3.63) is 22.8 Å². The number of aromatic nitrogens is 1. The van der Waals surface area contributed by atoms with E-state index in [1.54, 1.807) is 0 Å². The van der Waals surface area contributed by atoms with E-state index >= 15 is 0 Å². The zero-order valence-corrected chi connectivity index (χ0v) is 16.2. The molecule has 5 rings (SSSR count). The molecule has 0 radical (unpaired) electrons. The van der Waals surface area contributed by atoms with Crippen molar-refractivity contribution in [2.45, 2.75) is 58.4 Å². The van der Waals surface area contributed by atoms with Gasteiger partial charge in [0.1, 0.15) is 11.6 Å². The second-order valence-electron chi connectivity index (χ2n) is 8.58. The lowest BCUT2D eigenvalue weighted by molar-refractivity contribution is -0.122. The lowest BCUT2D eigenvalue weighted by atomic mass is 9.48. The molecule has 1 unspecified atom stereocenters. The highest BCUT2D eigenvalue weighted by Crippen LogP contribution is 2.61. The first-order valence-electron chi connectivity index (χ1n) is 9.57. The van der Waals surface area contributed by atoms with Gasteiger partial charge >= 0.3 is 0 Å². The first-order valence-corrected chi connectivity index (χ1v) is 10.5. The zero-order chi connectivity index (χ0) is 18.3. The van der Waals surface area contributed by atoms with Gasteiger partial charge in [-0.25, -0.2) is 4.98 Å². The Morgan fingerprint density at radius 2 is 1.96 bits per heavy atom. The number of anilines is 1. The molecule has 1 aromatic heterocycles. The number of amides is 1. The highest BCUT2D eigenvalue weighted by molar-refractivity contribution is 7.13. The molecule has 0 aliphatic heterocycles. The number of nitriles is 1. The summed E-state index contributed by atoms with van der Waals surface area (Å²) in [4.78, 5) is 16.9. The maximum absolute atomic E-state index is 12.6. The first kappa shape index (κ1) is 17.5. The molecule has 26 heavy (non-hydrogen) atoms. The van der Waals surface area contributed by atoms with Gasteiger partial charge in [0, 0.05) is 17.6 Å². The van der Waals surface area contributed by atoms with Crippen LogP contribution in [0.1, 0.15) is 51.1 Å². The largest absolute Gasteiger partial charge is 0.348 e. The van der Waals surface area contributed by atoms with Crippen LogP contribution >= 0.6 is 11.3 Å². The first-order chi connectivity index (χ1) is 12.5. The number of carbonyl (C=O) groups is 1. The van der Waals surface area contributed by atoms with Crippen LogP contribution in [0.4, 0.5) is 5.13 Å². The van der Waals surface area contributed by atoms with E-state index in [1.165, 1.54) is 56.1 Å². The molecule has 4 bridgehead atoms. The monoisotopic (exact) mass is 370 g/mol. The van der Waals surface area contributed by atoms with Gasteiger partial charge in [-0.3, -0.25) is 4.79 Å². The number of aryl methyl sites for hydroxylation is 1. The molecule has 1 heterocycles. The van der Waals surface area contributed by atoms with Crippen LogP contribution in [0, 0.1) is 41.4 Å². The van der Waals surface area contributed by atoms with Gasteiger partial charge in [0.25, 0.3) is 5.91 Å². The lowest BCUT2D eigenvalue weighted by Crippen LogP contribution is -2.56. The third kappa shape index (κ3) is 3.25. The maximum atomic E-state index is 12.6. The van der Waals surface area contributed by atoms with Crippen molar-refractivity contribution < 1.29 is 4.79 Å². The molecule has 1 amide bonds. The standard InChI is InChI=1S/C20H26N4OS/c1-12-11-26-19(23-12)22-10-17(9-21)18(25)24-13(2)20-6-14-3-15(7-20)5-16(4-14)8-20/h10-11,13-16H,3-8H2,1-2H3,(H,22,23)(H,24,25)/b17-10-. The van der Waals surface area contributed by atoms with Gasteiger partial charge in [0.05, 0.1) is 5.69 Å². The molecule has 6 heteroatoms. The van der Waals surface area contributed by atoms with E-state index in [0.29, 0.717) is 5.13 Å². The second-order valence-corrected chi connectivity index (χ2v) is 9.44. The maximum Gasteiger partial charge on any atom is 0.263 e. The summed E-state index contributed by atoms with van der Waals surface area (Å²) in [5.74, 6) is 2.26. The minimum atomic E-state index is -0.281. The van der Waals surface area contributed by atoms with Crippen molar-refractivity contribution >= 4 is 22.4 Å². The van der Waals surface area contributed by atoms with Crippen LogP contribution in [0.3, 0.4) is 0 Å². The SMILES string of the molecule is Cc1csc(N/C=C(/C#N)C(=O)NC(C)C23CC4CC(CC(C4)C2)C3)n1. The third-order valence-electron chi connectivity index (χ3n) is 6.68. The minimum Gasteiger partial charge on any atom is -0.348 e. The van der Waals surface area contributed by atoms with Crippen molar-refractivity contribution in [2.75, 3.05) is 5.32 Å². The summed E-state index contributed by atoms with van der Waals surface area (Å²) in [5.41, 5.74) is 1.27. The van der Waals surface area contributed by atoms with Crippen LogP contribution < -0.4 is 10.6 Å². The summed E-state index contributed by atoms with van der Waals surface area (Å²) >= 11 is 1.46. The van der Waals surface area contributed by atoms with E-state index in [9.17, 15) is 10.1 Å². The predicted molar refractivity (Wildman–Crippen MR) is 102 cm³/mol. The van der Waals surface area contributed by atoms with Gasteiger partial charge in [-0.05, 0) is 75.5 Å². The Kier molecular flexibility index (Phi) is 4.52. The fourth-order valence-electron chi connectivity index (χ4n) is 5.84. The van der Waals surface area contributed by atoms with Crippen LogP contribution in [0.2, 0.25) is 0 Å². The number of thiazole rings is 1. The summed E-state index contributed by atoms with van der Waals surface area (Å²) in [5, 5.41) is 18.1. The Bertz CT molecular complexity index is 740. The summed E-state index contributed by atoms with van der Waals surface area (Å²) in [6, 6.07) is 2.13. The van der Waals surface area contributed by atoms with Crippen LogP contribution in [-0.2, 0) is 4.79 Å². The normalized spacial score (nSPS) is 33.6. The fraction of sp³-hybridized carbons (Fsp3) is 0.650. The van der Waals surface area contributed by atoms with Crippen LogP contribution in [0.15, 0.2) is 17.2 Å². The Morgan fingerprint density at radius 3 is 2.46 bits per heavy atom. The number of hydrogen-bond donors (Lipinski definition) is 2. The molecular formula is C20H26N4OS. The molecule has 0 saturated heterocycles. The second kappa shape index (κ2) is 6.70.